The molecule has 1 unspecified atom stereocenters. The second kappa shape index (κ2) is 12.2. The topological polar surface area (TPSA) is 120 Å². The molecule has 44 heavy (non-hydrogen) atoms. The zero-order chi connectivity index (χ0) is 30.8. The van der Waals surface area contributed by atoms with Crippen LogP contribution in [0.3, 0.4) is 0 Å². The van der Waals surface area contributed by atoms with E-state index >= 15 is 0 Å². The van der Waals surface area contributed by atoms with Crippen molar-refractivity contribution in [1.82, 2.24) is 34.8 Å². The molecule has 10 heteroatoms. The van der Waals surface area contributed by atoms with Gasteiger partial charge in [0, 0.05) is 49.2 Å². The van der Waals surface area contributed by atoms with Crippen molar-refractivity contribution in [2.24, 2.45) is 14.1 Å². The van der Waals surface area contributed by atoms with E-state index in [0.29, 0.717) is 11.4 Å². The van der Waals surface area contributed by atoms with Crippen molar-refractivity contribution < 1.29 is 9.59 Å². The number of hydrogen-bond donors (Lipinski definition) is 2. The SMILES string of the molecule is CCCc1cncc(-c2ccc3c(c2)[C@H](C(NC(=O)c2ccnn2C)C(=O)Nc2ccc(-c4c(C)cnn4C)cc2)CC3)n1. The van der Waals surface area contributed by atoms with Gasteiger partial charge in [0.1, 0.15) is 11.7 Å². The summed E-state index contributed by atoms with van der Waals surface area (Å²) in [6.07, 6.45) is 10.4. The molecule has 1 aliphatic rings. The summed E-state index contributed by atoms with van der Waals surface area (Å²) in [6, 6.07) is 14.8. The second-order valence-electron chi connectivity index (χ2n) is 11.4. The average molecular weight is 589 g/mol. The third kappa shape index (κ3) is 5.75. The molecule has 2 atom stereocenters. The Hall–Kier alpha value is -5.12. The zero-order valence-corrected chi connectivity index (χ0v) is 25.4. The standard InChI is InChI=1S/C34H36N8O2/c1-5-6-26-19-35-20-29(38-26)24-8-7-22-11-14-27(28(22)17-24)31(40-33(43)30-15-16-36-41(30)3)34(44)39-25-12-9-23(10-13-25)32-21(2)18-37-42(32)4/h7-10,12-13,15-20,27,31H,5-6,11,14H2,1-4H3,(H,39,44)(H,40,43)/t27-,31?/m1/s1. The molecule has 3 heterocycles. The minimum Gasteiger partial charge on any atom is -0.338 e. The van der Waals surface area contributed by atoms with Crippen LogP contribution in [-0.4, -0.2) is 47.4 Å². The van der Waals surface area contributed by atoms with Gasteiger partial charge in [0.05, 0.1) is 29.5 Å². The lowest BCUT2D eigenvalue weighted by Gasteiger charge is -2.25. The van der Waals surface area contributed by atoms with Gasteiger partial charge in [-0.1, -0.05) is 37.6 Å². The van der Waals surface area contributed by atoms with Gasteiger partial charge in [-0.3, -0.25) is 23.9 Å². The molecule has 0 spiro atoms. The van der Waals surface area contributed by atoms with E-state index in [-0.39, 0.29) is 17.7 Å². The van der Waals surface area contributed by atoms with Gasteiger partial charge in [0.15, 0.2) is 0 Å². The number of fused-ring (bicyclic) bond motifs is 1. The van der Waals surface area contributed by atoms with Gasteiger partial charge in [-0.05, 0) is 67.1 Å². The van der Waals surface area contributed by atoms with Gasteiger partial charge >= 0.3 is 0 Å². The minimum atomic E-state index is -0.814. The molecule has 5 aromatic rings. The quantitative estimate of drug-likeness (QED) is 0.250. The highest BCUT2D eigenvalue weighted by atomic mass is 16.2. The highest BCUT2D eigenvalue weighted by Crippen LogP contribution is 2.38. The summed E-state index contributed by atoms with van der Waals surface area (Å²) in [7, 11) is 3.62. The van der Waals surface area contributed by atoms with Crippen molar-refractivity contribution in [3.8, 4) is 22.5 Å². The first-order valence-electron chi connectivity index (χ1n) is 14.9. The number of anilines is 1. The van der Waals surface area contributed by atoms with E-state index < -0.39 is 6.04 Å². The molecule has 0 fully saturated rings. The molecule has 2 aromatic carbocycles. The number of carbonyl (C=O) groups is 2. The van der Waals surface area contributed by atoms with Crippen molar-refractivity contribution in [3.63, 3.8) is 0 Å². The van der Waals surface area contributed by atoms with E-state index in [1.807, 2.05) is 55.3 Å². The first kappa shape index (κ1) is 29.0. The first-order chi connectivity index (χ1) is 21.3. The summed E-state index contributed by atoms with van der Waals surface area (Å²) in [5, 5.41) is 14.6. The fraction of sp³-hybridized carbons (Fsp3) is 0.294. The Bertz CT molecular complexity index is 1800. The Morgan fingerprint density at radius 2 is 1.77 bits per heavy atom. The highest BCUT2D eigenvalue weighted by molar-refractivity contribution is 6.01. The molecule has 224 valence electrons. The van der Waals surface area contributed by atoms with Crippen molar-refractivity contribution >= 4 is 17.5 Å². The van der Waals surface area contributed by atoms with Gasteiger partial charge < -0.3 is 10.6 Å². The molecule has 0 bridgehead atoms. The van der Waals surface area contributed by atoms with Gasteiger partial charge in [-0.25, -0.2) is 4.98 Å². The third-order valence-electron chi connectivity index (χ3n) is 8.33. The predicted octanol–water partition coefficient (Wildman–Crippen LogP) is 5.01. The zero-order valence-electron chi connectivity index (χ0n) is 25.4. The molecule has 0 aliphatic heterocycles. The summed E-state index contributed by atoms with van der Waals surface area (Å²) in [5.41, 5.74) is 9.03. The smallest absolute Gasteiger partial charge is 0.270 e. The lowest BCUT2D eigenvalue weighted by molar-refractivity contribution is -0.118. The molecule has 0 saturated heterocycles. The number of amides is 2. The lowest BCUT2D eigenvalue weighted by Crippen LogP contribution is -2.47. The molecular formula is C34H36N8O2. The van der Waals surface area contributed by atoms with Crippen molar-refractivity contribution in [3.05, 3.63) is 101 Å². The summed E-state index contributed by atoms with van der Waals surface area (Å²) < 4.78 is 3.34. The highest BCUT2D eigenvalue weighted by Gasteiger charge is 2.36. The average Bonchev–Trinajstić information content (AvgIpc) is 3.74. The van der Waals surface area contributed by atoms with Crippen molar-refractivity contribution in [2.75, 3.05) is 5.32 Å². The molecule has 2 N–H and O–H groups in total. The van der Waals surface area contributed by atoms with E-state index in [4.69, 9.17) is 4.98 Å². The van der Waals surface area contributed by atoms with Crippen LogP contribution in [0.5, 0.6) is 0 Å². The number of nitrogens with one attached hydrogen (secondary N) is 2. The van der Waals surface area contributed by atoms with Gasteiger partial charge in [0.25, 0.3) is 5.91 Å². The maximum Gasteiger partial charge on any atom is 0.270 e. The second-order valence-corrected chi connectivity index (χ2v) is 11.4. The minimum absolute atomic E-state index is 0.231. The van der Waals surface area contributed by atoms with Gasteiger partial charge in [0.2, 0.25) is 5.91 Å². The number of aryl methyl sites for hydroxylation is 5. The van der Waals surface area contributed by atoms with Crippen LogP contribution in [0.25, 0.3) is 22.5 Å². The van der Waals surface area contributed by atoms with Crippen LogP contribution in [-0.2, 0) is 31.7 Å². The Labute approximate surface area is 256 Å². The summed E-state index contributed by atoms with van der Waals surface area (Å²) in [6.45, 7) is 4.14. The van der Waals surface area contributed by atoms with E-state index in [2.05, 4.69) is 50.9 Å². The number of benzene rings is 2. The molecule has 1 aliphatic carbocycles. The van der Waals surface area contributed by atoms with E-state index in [1.165, 1.54) is 10.2 Å². The fourth-order valence-corrected chi connectivity index (χ4v) is 6.12. The maximum atomic E-state index is 14.0. The molecule has 0 saturated carbocycles. The number of carbonyl (C=O) groups excluding carboxylic acids is 2. The lowest BCUT2D eigenvalue weighted by atomic mass is 9.90. The van der Waals surface area contributed by atoms with Gasteiger partial charge in [-0.2, -0.15) is 10.2 Å². The number of aromatic nitrogens is 6. The normalized spacial score (nSPS) is 14.7. The van der Waals surface area contributed by atoms with Crippen molar-refractivity contribution in [2.45, 2.75) is 51.5 Å². The van der Waals surface area contributed by atoms with Crippen LogP contribution < -0.4 is 10.6 Å². The maximum absolute atomic E-state index is 14.0. The van der Waals surface area contributed by atoms with E-state index in [1.54, 1.807) is 25.5 Å². The number of nitrogens with zero attached hydrogens (tertiary/aromatic N) is 6. The molecule has 10 nitrogen and oxygen atoms in total. The Balaban J connectivity index is 1.30. The van der Waals surface area contributed by atoms with Crippen LogP contribution in [0.4, 0.5) is 5.69 Å². The van der Waals surface area contributed by atoms with Gasteiger partial charge in [-0.15, -0.1) is 0 Å². The molecule has 6 rings (SSSR count). The van der Waals surface area contributed by atoms with E-state index in [0.717, 1.165) is 65.0 Å². The van der Waals surface area contributed by atoms with E-state index in [9.17, 15) is 9.59 Å². The Kier molecular flexibility index (Phi) is 8.06. The molecule has 3 aromatic heterocycles. The number of rotatable bonds is 9. The van der Waals surface area contributed by atoms with Crippen LogP contribution >= 0.6 is 0 Å². The summed E-state index contributed by atoms with van der Waals surface area (Å²) in [5.74, 6) is -0.863. The largest absolute Gasteiger partial charge is 0.338 e. The predicted molar refractivity (Wildman–Crippen MR) is 169 cm³/mol. The first-order valence-corrected chi connectivity index (χ1v) is 14.9. The molecule has 2 amide bonds. The van der Waals surface area contributed by atoms with Crippen LogP contribution in [0, 0.1) is 6.92 Å². The summed E-state index contributed by atoms with van der Waals surface area (Å²) >= 11 is 0. The van der Waals surface area contributed by atoms with Crippen molar-refractivity contribution in [1.29, 1.82) is 0 Å². The molecular weight excluding hydrogens is 552 g/mol. The Morgan fingerprint density at radius 3 is 2.48 bits per heavy atom. The third-order valence-corrected chi connectivity index (χ3v) is 8.33. The van der Waals surface area contributed by atoms with Crippen LogP contribution in [0.1, 0.15) is 58.6 Å². The fourth-order valence-electron chi connectivity index (χ4n) is 6.12. The monoisotopic (exact) mass is 588 g/mol. The van der Waals surface area contributed by atoms with Crippen LogP contribution in [0.2, 0.25) is 0 Å². The number of hydrogen-bond acceptors (Lipinski definition) is 6. The Morgan fingerprint density at radius 1 is 0.977 bits per heavy atom. The summed E-state index contributed by atoms with van der Waals surface area (Å²) in [4.78, 5) is 36.7. The molecule has 0 radical (unpaired) electrons. The van der Waals surface area contributed by atoms with Crippen LogP contribution in [0.15, 0.2) is 73.3 Å².